The Kier molecular flexibility index (Phi) is 3.28. The van der Waals surface area contributed by atoms with Gasteiger partial charge in [-0.05, 0) is 0 Å². The van der Waals surface area contributed by atoms with Crippen molar-refractivity contribution in [2.24, 2.45) is 5.92 Å². The van der Waals surface area contributed by atoms with Crippen molar-refractivity contribution in [3.63, 3.8) is 0 Å². The Hall–Kier alpha value is -2.32. The third-order valence-corrected chi connectivity index (χ3v) is 2.91. The smallest absolute Gasteiger partial charge is 0.465 e. The largest absolute Gasteiger partial charge is 0.535 e. The second-order valence-corrected chi connectivity index (χ2v) is 4.34. The van der Waals surface area contributed by atoms with E-state index in [9.17, 15) is 19.2 Å². The van der Waals surface area contributed by atoms with Gasteiger partial charge in [-0.3, -0.25) is 19.3 Å². The van der Waals surface area contributed by atoms with Crippen molar-refractivity contribution in [2.45, 2.75) is 26.0 Å². The number of imide groups is 1. The standard InChI is InChI=1S/C10H12N2O7/c1-5-4-11(9(15)16)8(5)18-10(17)19-12-6(13)2-3-7(12)14/h5,8H,2-4H2,1H3,(H,15,16). The van der Waals surface area contributed by atoms with Crippen LogP contribution in [0.4, 0.5) is 9.59 Å². The Labute approximate surface area is 107 Å². The molecule has 0 aromatic rings. The molecule has 0 bridgehead atoms. The lowest BCUT2D eigenvalue weighted by Gasteiger charge is -2.42. The number of carbonyl (C=O) groups is 4. The highest BCUT2D eigenvalue weighted by Crippen LogP contribution is 2.26. The fraction of sp³-hybridized carbons (Fsp3) is 0.600. The number of hydroxylamine groups is 2. The zero-order valence-electron chi connectivity index (χ0n) is 10.1. The van der Waals surface area contributed by atoms with E-state index < -0.39 is 30.3 Å². The van der Waals surface area contributed by atoms with E-state index in [1.807, 2.05) is 0 Å². The van der Waals surface area contributed by atoms with Gasteiger partial charge in [0.1, 0.15) is 0 Å². The van der Waals surface area contributed by atoms with Gasteiger partial charge in [-0.1, -0.05) is 12.0 Å². The summed E-state index contributed by atoms with van der Waals surface area (Å²) in [7, 11) is 0. The second kappa shape index (κ2) is 4.75. The molecule has 1 N–H and O–H groups in total. The zero-order chi connectivity index (χ0) is 14.2. The number of amides is 3. The van der Waals surface area contributed by atoms with E-state index >= 15 is 0 Å². The third kappa shape index (κ3) is 2.44. The maximum atomic E-state index is 11.4. The number of carboxylic acid groups (broad SMARTS) is 1. The van der Waals surface area contributed by atoms with Gasteiger partial charge in [0.25, 0.3) is 11.8 Å². The summed E-state index contributed by atoms with van der Waals surface area (Å²) >= 11 is 0. The van der Waals surface area contributed by atoms with Crippen LogP contribution in [0.3, 0.4) is 0 Å². The van der Waals surface area contributed by atoms with Gasteiger partial charge in [-0.2, -0.15) is 0 Å². The molecule has 2 aliphatic heterocycles. The number of nitrogens with zero attached hydrogens (tertiary/aromatic N) is 2. The Balaban J connectivity index is 1.89. The molecule has 2 rings (SSSR count). The molecule has 2 unspecified atom stereocenters. The van der Waals surface area contributed by atoms with Crippen LogP contribution in [0.25, 0.3) is 0 Å². The highest BCUT2D eigenvalue weighted by molar-refractivity contribution is 6.01. The summed E-state index contributed by atoms with van der Waals surface area (Å²) in [6.45, 7) is 1.94. The third-order valence-electron chi connectivity index (χ3n) is 2.91. The van der Waals surface area contributed by atoms with Gasteiger partial charge >= 0.3 is 12.2 Å². The summed E-state index contributed by atoms with van der Waals surface area (Å²) in [5, 5.41) is 9.12. The number of likely N-dealkylation sites (tertiary alicyclic amines) is 1. The monoisotopic (exact) mass is 272 g/mol. The number of hydrogen-bond donors (Lipinski definition) is 1. The Bertz CT molecular complexity index is 433. The predicted octanol–water partition coefficient (Wildman–Crippen LogP) is 0.159. The van der Waals surface area contributed by atoms with E-state index in [0.717, 1.165) is 4.90 Å². The molecular weight excluding hydrogens is 260 g/mol. The minimum Gasteiger partial charge on any atom is -0.465 e. The van der Waals surface area contributed by atoms with Crippen LogP contribution in [0.15, 0.2) is 0 Å². The van der Waals surface area contributed by atoms with Gasteiger partial charge in [-0.25, -0.2) is 9.59 Å². The first-order valence-corrected chi connectivity index (χ1v) is 5.64. The fourth-order valence-corrected chi connectivity index (χ4v) is 1.89. The van der Waals surface area contributed by atoms with Crippen LogP contribution in [0.1, 0.15) is 19.8 Å². The van der Waals surface area contributed by atoms with Crippen molar-refractivity contribution in [3.8, 4) is 0 Å². The molecular formula is C10H12N2O7. The lowest BCUT2D eigenvalue weighted by molar-refractivity contribution is -0.189. The molecule has 0 spiro atoms. The molecule has 3 amide bonds. The number of rotatable bonds is 2. The minimum absolute atomic E-state index is 0.0206. The normalized spacial score (nSPS) is 26.2. The molecule has 9 nitrogen and oxygen atoms in total. The average molecular weight is 272 g/mol. The molecule has 9 heteroatoms. The lowest BCUT2D eigenvalue weighted by atomic mass is 10.0. The molecule has 2 saturated heterocycles. The quantitative estimate of drug-likeness (QED) is 0.562. The molecule has 0 aromatic carbocycles. The maximum absolute atomic E-state index is 11.4. The highest BCUT2D eigenvalue weighted by Gasteiger charge is 2.43. The summed E-state index contributed by atoms with van der Waals surface area (Å²) in [6.07, 6.45) is -3.49. The van der Waals surface area contributed by atoms with Crippen LogP contribution < -0.4 is 0 Å². The van der Waals surface area contributed by atoms with Crippen molar-refractivity contribution >= 4 is 24.1 Å². The Morgan fingerprint density at radius 3 is 2.32 bits per heavy atom. The molecule has 2 aliphatic rings. The van der Waals surface area contributed by atoms with Gasteiger partial charge in [0.15, 0.2) is 6.23 Å². The van der Waals surface area contributed by atoms with Crippen molar-refractivity contribution < 1.29 is 33.9 Å². The molecule has 0 radical (unpaired) electrons. The SMILES string of the molecule is CC1CN(C(=O)O)C1OC(=O)ON1C(=O)CCC1=O. The maximum Gasteiger partial charge on any atom is 0.535 e. The predicted molar refractivity (Wildman–Crippen MR) is 56.3 cm³/mol. The lowest BCUT2D eigenvalue weighted by Crippen LogP contribution is -2.59. The van der Waals surface area contributed by atoms with E-state index in [4.69, 9.17) is 9.84 Å². The van der Waals surface area contributed by atoms with Gasteiger partial charge in [0, 0.05) is 25.3 Å². The zero-order valence-corrected chi connectivity index (χ0v) is 10.1. The van der Waals surface area contributed by atoms with Gasteiger partial charge < -0.3 is 9.84 Å². The topological polar surface area (TPSA) is 113 Å². The molecule has 2 atom stereocenters. The van der Waals surface area contributed by atoms with Crippen molar-refractivity contribution in [1.29, 1.82) is 0 Å². The van der Waals surface area contributed by atoms with E-state index in [-0.39, 0.29) is 25.3 Å². The minimum atomic E-state index is -1.27. The first-order chi connectivity index (χ1) is 8.90. The van der Waals surface area contributed by atoms with E-state index in [0.29, 0.717) is 5.06 Å². The van der Waals surface area contributed by atoms with E-state index in [2.05, 4.69) is 4.84 Å². The van der Waals surface area contributed by atoms with Crippen molar-refractivity contribution in [3.05, 3.63) is 0 Å². The van der Waals surface area contributed by atoms with Crippen molar-refractivity contribution in [1.82, 2.24) is 9.96 Å². The van der Waals surface area contributed by atoms with Gasteiger partial charge in [0.05, 0.1) is 0 Å². The Morgan fingerprint density at radius 2 is 1.84 bits per heavy atom. The summed E-state index contributed by atoms with van der Waals surface area (Å²) in [5.74, 6) is -1.42. The van der Waals surface area contributed by atoms with Gasteiger partial charge in [-0.15, -0.1) is 0 Å². The molecule has 0 aromatic heterocycles. The highest BCUT2D eigenvalue weighted by atomic mass is 16.8. The van der Waals surface area contributed by atoms with Crippen LogP contribution in [0.5, 0.6) is 0 Å². The van der Waals surface area contributed by atoms with Crippen LogP contribution in [-0.2, 0) is 19.2 Å². The molecule has 0 saturated carbocycles. The van der Waals surface area contributed by atoms with Gasteiger partial charge in [0.2, 0.25) is 0 Å². The molecule has 19 heavy (non-hydrogen) atoms. The summed E-state index contributed by atoms with van der Waals surface area (Å²) in [5.41, 5.74) is 0. The van der Waals surface area contributed by atoms with Crippen LogP contribution in [0.2, 0.25) is 0 Å². The second-order valence-electron chi connectivity index (χ2n) is 4.34. The summed E-state index contributed by atoms with van der Waals surface area (Å²) < 4.78 is 4.77. The molecule has 104 valence electrons. The van der Waals surface area contributed by atoms with Crippen LogP contribution in [-0.4, -0.2) is 51.9 Å². The van der Waals surface area contributed by atoms with Crippen LogP contribution >= 0.6 is 0 Å². The van der Waals surface area contributed by atoms with Crippen molar-refractivity contribution in [2.75, 3.05) is 6.54 Å². The first kappa shape index (κ1) is 13.1. The number of ether oxygens (including phenoxy) is 1. The summed E-state index contributed by atoms with van der Waals surface area (Å²) in [6, 6.07) is 0. The number of hydrogen-bond acceptors (Lipinski definition) is 6. The molecule has 2 heterocycles. The first-order valence-electron chi connectivity index (χ1n) is 5.64. The average Bonchev–Trinajstić information content (AvgIpc) is 2.64. The Morgan fingerprint density at radius 1 is 1.26 bits per heavy atom. The van der Waals surface area contributed by atoms with E-state index in [1.165, 1.54) is 0 Å². The molecule has 0 aliphatic carbocycles. The van der Waals surface area contributed by atoms with E-state index in [1.54, 1.807) is 6.92 Å². The van der Waals surface area contributed by atoms with Crippen LogP contribution in [0, 0.1) is 5.92 Å². The fourth-order valence-electron chi connectivity index (χ4n) is 1.89. The summed E-state index contributed by atoms with van der Waals surface area (Å²) in [4.78, 5) is 49.9. The number of carbonyl (C=O) groups excluding carboxylic acids is 3. The molecule has 2 fully saturated rings.